The zero-order valence-electron chi connectivity index (χ0n) is 8.41. The third-order valence-corrected chi connectivity index (χ3v) is 3.33. The van der Waals surface area contributed by atoms with Crippen LogP contribution in [0.25, 0.3) is 0 Å². The van der Waals surface area contributed by atoms with Crippen LogP contribution in [0.1, 0.15) is 0 Å². The monoisotopic (exact) mass is 204 g/mol. The number of hydrogen-bond acceptors (Lipinski definition) is 4. The van der Waals surface area contributed by atoms with Gasteiger partial charge in [0.1, 0.15) is 0 Å². The van der Waals surface area contributed by atoms with Gasteiger partial charge in [-0.25, -0.2) is 0 Å². The van der Waals surface area contributed by atoms with Crippen molar-refractivity contribution in [3.05, 3.63) is 0 Å². The van der Waals surface area contributed by atoms with Crippen LogP contribution >= 0.6 is 11.8 Å². The summed E-state index contributed by atoms with van der Waals surface area (Å²) in [6.07, 6.45) is 0. The summed E-state index contributed by atoms with van der Waals surface area (Å²) in [5, 5.41) is 8.60. The van der Waals surface area contributed by atoms with Crippen LogP contribution in [0, 0.1) is 0 Å². The van der Waals surface area contributed by atoms with Crippen molar-refractivity contribution in [3.63, 3.8) is 0 Å². The van der Waals surface area contributed by atoms with Gasteiger partial charge in [-0.2, -0.15) is 11.8 Å². The van der Waals surface area contributed by atoms with Crippen molar-refractivity contribution in [1.82, 2.24) is 9.80 Å². The molecule has 3 nitrogen and oxygen atoms in total. The standard InChI is InChI=1S/C9H20N2OS/c1-10-2-4-11(5-3-10)6-8-13-9-7-12/h12H,2-9H2,1H3. The van der Waals surface area contributed by atoms with E-state index in [0.717, 1.165) is 11.5 Å². The maximum Gasteiger partial charge on any atom is 0.0521 e. The first kappa shape index (κ1) is 11.3. The van der Waals surface area contributed by atoms with E-state index < -0.39 is 0 Å². The summed E-state index contributed by atoms with van der Waals surface area (Å²) < 4.78 is 0. The summed E-state index contributed by atoms with van der Waals surface area (Å²) in [4.78, 5) is 4.88. The zero-order valence-corrected chi connectivity index (χ0v) is 9.22. The highest BCUT2D eigenvalue weighted by Crippen LogP contribution is 2.03. The van der Waals surface area contributed by atoms with Gasteiger partial charge in [0.25, 0.3) is 0 Å². The first-order valence-electron chi connectivity index (χ1n) is 4.92. The van der Waals surface area contributed by atoms with Crippen LogP contribution in [0.5, 0.6) is 0 Å². The van der Waals surface area contributed by atoms with Gasteiger partial charge in [-0.1, -0.05) is 0 Å². The minimum Gasteiger partial charge on any atom is -0.396 e. The molecule has 0 bridgehead atoms. The van der Waals surface area contributed by atoms with Crippen LogP contribution in [0.2, 0.25) is 0 Å². The average Bonchev–Trinajstić information content (AvgIpc) is 2.15. The Labute approximate surface area is 85.1 Å². The molecule has 4 heteroatoms. The van der Waals surface area contributed by atoms with Crippen molar-refractivity contribution in [2.75, 3.05) is 57.9 Å². The summed E-state index contributed by atoms with van der Waals surface area (Å²) in [6, 6.07) is 0. The van der Waals surface area contributed by atoms with Crippen molar-refractivity contribution >= 4 is 11.8 Å². The molecule has 0 aromatic heterocycles. The highest BCUT2D eigenvalue weighted by atomic mass is 32.2. The van der Waals surface area contributed by atoms with Gasteiger partial charge >= 0.3 is 0 Å². The molecule has 1 N–H and O–H groups in total. The van der Waals surface area contributed by atoms with Crippen LogP contribution < -0.4 is 0 Å². The van der Waals surface area contributed by atoms with Gasteiger partial charge in [0.2, 0.25) is 0 Å². The smallest absolute Gasteiger partial charge is 0.0521 e. The minimum atomic E-state index is 0.313. The maximum atomic E-state index is 8.60. The van der Waals surface area contributed by atoms with Crippen molar-refractivity contribution in [2.45, 2.75) is 0 Å². The van der Waals surface area contributed by atoms with Gasteiger partial charge in [0.15, 0.2) is 0 Å². The molecule has 1 aliphatic heterocycles. The first-order chi connectivity index (χ1) is 6.33. The average molecular weight is 204 g/mol. The molecule has 1 saturated heterocycles. The number of aliphatic hydroxyl groups is 1. The van der Waals surface area contributed by atoms with Crippen molar-refractivity contribution in [1.29, 1.82) is 0 Å². The molecule has 0 radical (unpaired) electrons. The maximum absolute atomic E-state index is 8.60. The summed E-state index contributed by atoms with van der Waals surface area (Å²) in [6.45, 7) is 6.30. The van der Waals surface area contributed by atoms with Gasteiger partial charge in [0, 0.05) is 44.2 Å². The van der Waals surface area contributed by atoms with Gasteiger partial charge in [-0.3, -0.25) is 4.90 Å². The van der Waals surface area contributed by atoms with Crippen molar-refractivity contribution in [3.8, 4) is 0 Å². The Morgan fingerprint density at radius 1 is 1.15 bits per heavy atom. The number of piperazine rings is 1. The van der Waals surface area contributed by atoms with Gasteiger partial charge in [-0.15, -0.1) is 0 Å². The molecule has 1 heterocycles. The second-order valence-electron chi connectivity index (χ2n) is 3.48. The normalized spacial score (nSPS) is 20.8. The number of rotatable bonds is 5. The molecular weight excluding hydrogens is 184 g/mol. The lowest BCUT2D eigenvalue weighted by atomic mass is 10.3. The SMILES string of the molecule is CN1CCN(CCSCCO)CC1. The van der Waals surface area contributed by atoms with Crippen LogP contribution in [0.15, 0.2) is 0 Å². The molecule has 0 aromatic rings. The molecule has 0 amide bonds. The minimum absolute atomic E-state index is 0.313. The molecule has 0 saturated carbocycles. The number of likely N-dealkylation sites (N-methyl/N-ethyl adjacent to an activating group) is 1. The molecule has 13 heavy (non-hydrogen) atoms. The lowest BCUT2D eigenvalue weighted by Crippen LogP contribution is -2.45. The van der Waals surface area contributed by atoms with E-state index in [1.807, 2.05) is 11.8 Å². The molecule has 1 rings (SSSR count). The van der Waals surface area contributed by atoms with Crippen molar-refractivity contribution in [2.24, 2.45) is 0 Å². The van der Waals surface area contributed by atoms with E-state index in [2.05, 4.69) is 16.8 Å². The van der Waals surface area contributed by atoms with E-state index >= 15 is 0 Å². The predicted molar refractivity (Wildman–Crippen MR) is 58.3 cm³/mol. The summed E-state index contributed by atoms with van der Waals surface area (Å²) in [5.41, 5.74) is 0. The Balaban J connectivity index is 1.96. The number of hydrogen-bond donors (Lipinski definition) is 1. The molecule has 78 valence electrons. The number of nitrogens with zero attached hydrogens (tertiary/aromatic N) is 2. The highest BCUT2D eigenvalue weighted by Gasteiger charge is 2.12. The fraction of sp³-hybridized carbons (Fsp3) is 1.00. The predicted octanol–water partition coefficient (Wildman–Crippen LogP) is -0.0407. The Bertz CT molecular complexity index is 127. The van der Waals surface area contributed by atoms with Crippen molar-refractivity contribution < 1.29 is 5.11 Å². The van der Waals surface area contributed by atoms with E-state index in [4.69, 9.17) is 5.11 Å². The van der Waals surface area contributed by atoms with Crippen LogP contribution in [-0.2, 0) is 0 Å². The lowest BCUT2D eigenvalue weighted by Gasteiger charge is -2.32. The summed E-state index contributed by atoms with van der Waals surface area (Å²) >= 11 is 1.84. The highest BCUT2D eigenvalue weighted by molar-refractivity contribution is 7.99. The van der Waals surface area contributed by atoms with Crippen LogP contribution in [0.4, 0.5) is 0 Å². The largest absolute Gasteiger partial charge is 0.396 e. The van der Waals surface area contributed by atoms with Crippen LogP contribution in [-0.4, -0.2) is 72.8 Å². The second-order valence-corrected chi connectivity index (χ2v) is 4.71. The van der Waals surface area contributed by atoms with E-state index in [-0.39, 0.29) is 0 Å². The first-order valence-corrected chi connectivity index (χ1v) is 6.08. The van der Waals surface area contributed by atoms with E-state index in [1.165, 1.54) is 32.7 Å². The fourth-order valence-electron chi connectivity index (χ4n) is 1.43. The molecule has 1 aliphatic rings. The van der Waals surface area contributed by atoms with Gasteiger partial charge in [0.05, 0.1) is 6.61 Å². The Morgan fingerprint density at radius 3 is 2.46 bits per heavy atom. The quantitative estimate of drug-likeness (QED) is 0.636. The second kappa shape index (κ2) is 6.65. The summed E-state index contributed by atoms with van der Waals surface area (Å²) in [7, 11) is 2.18. The lowest BCUT2D eigenvalue weighted by molar-refractivity contribution is 0.161. The molecule has 0 aromatic carbocycles. The van der Waals surface area contributed by atoms with E-state index in [9.17, 15) is 0 Å². The van der Waals surface area contributed by atoms with Crippen LogP contribution in [0.3, 0.4) is 0 Å². The molecule has 1 fully saturated rings. The molecule has 0 aliphatic carbocycles. The number of thioether (sulfide) groups is 1. The van der Waals surface area contributed by atoms with E-state index in [0.29, 0.717) is 6.61 Å². The third-order valence-electron chi connectivity index (χ3n) is 2.38. The third kappa shape index (κ3) is 4.86. The molecule has 0 unspecified atom stereocenters. The topological polar surface area (TPSA) is 26.7 Å². The Morgan fingerprint density at radius 2 is 1.85 bits per heavy atom. The number of aliphatic hydroxyl groups excluding tert-OH is 1. The zero-order chi connectivity index (χ0) is 9.52. The molecule has 0 spiro atoms. The Hall–Kier alpha value is 0.230. The fourth-order valence-corrected chi connectivity index (χ4v) is 2.15. The van der Waals surface area contributed by atoms with E-state index in [1.54, 1.807) is 0 Å². The molecule has 0 atom stereocenters. The van der Waals surface area contributed by atoms with Gasteiger partial charge < -0.3 is 10.0 Å². The summed E-state index contributed by atoms with van der Waals surface area (Å²) in [5.74, 6) is 2.04. The Kier molecular flexibility index (Phi) is 5.78. The molecular formula is C9H20N2OS. The van der Waals surface area contributed by atoms with Gasteiger partial charge in [-0.05, 0) is 7.05 Å².